The zero-order valence-corrected chi connectivity index (χ0v) is 15.0. The van der Waals surface area contributed by atoms with Crippen LogP contribution in [0.4, 0.5) is 0 Å². The number of hydrogen-bond acceptors (Lipinski definition) is 5. The maximum atomic E-state index is 11.7. The van der Waals surface area contributed by atoms with Crippen LogP contribution in [0, 0.1) is 19.8 Å². The Hall–Kier alpha value is -1.99. The van der Waals surface area contributed by atoms with Crippen LogP contribution in [0.25, 0.3) is 11.0 Å². The monoisotopic (exact) mass is 333 g/mol. The maximum absolute atomic E-state index is 11.7. The Balaban J connectivity index is 2.44. The topological polar surface area (TPSA) is 97.3 Å². The first-order valence-corrected chi connectivity index (χ1v) is 8.27. The zero-order chi connectivity index (χ0) is 18.0. The van der Waals surface area contributed by atoms with Crippen molar-refractivity contribution in [1.29, 1.82) is 0 Å². The fourth-order valence-electron chi connectivity index (χ4n) is 2.77. The number of hydrogen-bond donors (Lipinski definition) is 2. The van der Waals surface area contributed by atoms with Gasteiger partial charge in [0.05, 0.1) is 18.0 Å². The van der Waals surface area contributed by atoms with Gasteiger partial charge < -0.3 is 10.3 Å². The number of carbonyl (C=O) groups is 1. The molecule has 2 aromatic heterocycles. The number of hydroxylamine groups is 2. The predicted octanol–water partition coefficient (Wildman–Crippen LogP) is 2.55. The first-order valence-electron chi connectivity index (χ1n) is 8.27. The lowest BCUT2D eigenvalue weighted by Crippen LogP contribution is -2.35. The van der Waals surface area contributed by atoms with Gasteiger partial charge >= 0.3 is 0 Å². The van der Waals surface area contributed by atoms with Crippen molar-refractivity contribution in [2.45, 2.75) is 59.7 Å². The highest BCUT2D eigenvalue weighted by molar-refractivity contribution is 5.79. The van der Waals surface area contributed by atoms with Crippen LogP contribution in [0.3, 0.4) is 0 Å². The number of aromatic nitrogens is 3. The van der Waals surface area contributed by atoms with Gasteiger partial charge in [0.25, 0.3) is 0 Å². The number of fused-ring (bicyclic) bond motifs is 1. The van der Waals surface area contributed by atoms with E-state index >= 15 is 0 Å². The van der Waals surface area contributed by atoms with Crippen LogP contribution >= 0.6 is 0 Å². The third kappa shape index (κ3) is 3.57. The highest BCUT2D eigenvalue weighted by atomic mass is 16.5. The number of carbonyl (C=O) groups excluding carboxylic acids is 1. The highest BCUT2D eigenvalue weighted by Gasteiger charge is 2.25. The molecule has 24 heavy (non-hydrogen) atoms. The molecule has 7 heteroatoms. The number of aryl methyl sites for hydroxylation is 2. The van der Waals surface area contributed by atoms with Crippen molar-refractivity contribution >= 4 is 16.9 Å². The molecule has 2 aromatic rings. The molecule has 2 unspecified atom stereocenters. The largest absolute Gasteiger partial charge is 0.327 e. The number of nitrogens with two attached hydrogens (primary N) is 1. The van der Waals surface area contributed by atoms with E-state index in [1.807, 2.05) is 18.4 Å². The van der Waals surface area contributed by atoms with E-state index in [4.69, 9.17) is 5.73 Å². The lowest BCUT2D eigenvalue weighted by molar-refractivity contribution is -0.183. The number of imidazole rings is 1. The van der Waals surface area contributed by atoms with E-state index in [-0.39, 0.29) is 6.04 Å². The van der Waals surface area contributed by atoms with Crippen LogP contribution in [0.5, 0.6) is 0 Å². The summed E-state index contributed by atoms with van der Waals surface area (Å²) in [6.45, 7) is 9.36. The van der Waals surface area contributed by atoms with Gasteiger partial charge in [0.15, 0.2) is 0 Å². The minimum absolute atomic E-state index is 0.00661. The van der Waals surface area contributed by atoms with Crippen molar-refractivity contribution in [2.75, 3.05) is 0 Å². The average Bonchev–Trinajstić information content (AvgIpc) is 2.95. The van der Waals surface area contributed by atoms with Crippen molar-refractivity contribution in [2.24, 2.45) is 11.7 Å². The molecule has 0 aliphatic heterocycles. The number of rotatable bonds is 6. The van der Waals surface area contributed by atoms with Crippen LogP contribution in [0.15, 0.2) is 12.5 Å². The third-order valence-electron chi connectivity index (χ3n) is 4.64. The highest BCUT2D eigenvalue weighted by Crippen LogP contribution is 2.27. The van der Waals surface area contributed by atoms with Crippen LogP contribution in [-0.2, 0) is 4.79 Å². The SMILES string of the molecule is CC(=O)N(O)C(CCC(N)C(C)C)n1cnc2cnc(C)c(C)c21. The van der Waals surface area contributed by atoms with Crippen molar-refractivity contribution in [3.63, 3.8) is 0 Å². The molecule has 0 radical (unpaired) electrons. The molecule has 0 aliphatic rings. The fourth-order valence-corrected chi connectivity index (χ4v) is 2.77. The van der Waals surface area contributed by atoms with E-state index in [0.717, 1.165) is 27.4 Å². The number of amides is 1. The van der Waals surface area contributed by atoms with Gasteiger partial charge in [-0.05, 0) is 38.2 Å². The second kappa shape index (κ2) is 7.27. The summed E-state index contributed by atoms with van der Waals surface area (Å²) in [5, 5.41) is 11.1. The molecule has 0 aromatic carbocycles. The first-order chi connectivity index (χ1) is 11.2. The molecule has 0 aliphatic carbocycles. The number of nitrogens with zero attached hydrogens (tertiary/aromatic N) is 4. The van der Waals surface area contributed by atoms with Gasteiger partial charge in [0.2, 0.25) is 5.91 Å². The Labute approximate surface area is 142 Å². The lowest BCUT2D eigenvalue weighted by atomic mass is 9.99. The van der Waals surface area contributed by atoms with Gasteiger partial charge in [0, 0.05) is 18.7 Å². The standard InChI is InChI=1S/C17H27N5O2/c1-10(2)14(18)6-7-16(22(24)13(5)23)21-9-20-15-8-19-12(4)11(3)17(15)21/h8-10,14,16,24H,6-7,18H2,1-5H3. The van der Waals surface area contributed by atoms with Crippen molar-refractivity contribution in [3.8, 4) is 0 Å². The summed E-state index contributed by atoms with van der Waals surface area (Å²) in [7, 11) is 0. The Morgan fingerprint density at radius 1 is 1.33 bits per heavy atom. The molecule has 0 saturated carbocycles. The molecule has 0 saturated heterocycles. The van der Waals surface area contributed by atoms with Crippen LogP contribution in [0.1, 0.15) is 51.0 Å². The fraction of sp³-hybridized carbons (Fsp3) is 0.588. The number of pyridine rings is 1. The van der Waals surface area contributed by atoms with Crippen LogP contribution < -0.4 is 5.73 Å². The van der Waals surface area contributed by atoms with Crippen molar-refractivity contribution < 1.29 is 10.0 Å². The predicted molar refractivity (Wildman–Crippen MR) is 92.4 cm³/mol. The summed E-state index contributed by atoms with van der Waals surface area (Å²) < 4.78 is 1.84. The molecular formula is C17H27N5O2. The van der Waals surface area contributed by atoms with Crippen LogP contribution in [0.2, 0.25) is 0 Å². The zero-order valence-electron chi connectivity index (χ0n) is 15.0. The van der Waals surface area contributed by atoms with Gasteiger partial charge in [-0.25, -0.2) is 10.0 Å². The molecule has 3 N–H and O–H groups in total. The Kier molecular flexibility index (Phi) is 5.56. The van der Waals surface area contributed by atoms with Gasteiger partial charge in [-0.3, -0.25) is 15.0 Å². The van der Waals surface area contributed by atoms with E-state index in [0.29, 0.717) is 18.8 Å². The Morgan fingerprint density at radius 3 is 2.58 bits per heavy atom. The molecule has 0 bridgehead atoms. The minimum atomic E-state index is -0.544. The van der Waals surface area contributed by atoms with E-state index in [2.05, 4.69) is 23.8 Å². The molecule has 7 nitrogen and oxygen atoms in total. The Bertz CT molecular complexity index is 725. The average molecular weight is 333 g/mol. The lowest BCUT2D eigenvalue weighted by Gasteiger charge is -2.28. The van der Waals surface area contributed by atoms with Crippen molar-refractivity contribution in [1.82, 2.24) is 19.6 Å². The molecular weight excluding hydrogens is 306 g/mol. The van der Waals surface area contributed by atoms with Crippen molar-refractivity contribution in [3.05, 3.63) is 23.8 Å². The van der Waals surface area contributed by atoms with Gasteiger partial charge in [-0.2, -0.15) is 0 Å². The van der Waals surface area contributed by atoms with E-state index in [1.165, 1.54) is 6.92 Å². The van der Waals surface area contributed by atoms with Crippen LogP contribution in [-0.4, -0.2) is 36.8 Å². The second-order valence-electron chi connectivity index (χ2n) is 6.68. The summed E-state index contributed by atoms with van der Waals surface area (Å²) >= 11 is 0. The molecule has 2 rings (SSSR count). The summed E-state index contributed by atoms with van der Waals surface area (Å²) in [4.78, 5) is 20.4. The van der Waals surface area contributed by atoms with E-state index in [1.54, 1.807) is 12.5 Å². The Morgan fingerprint density at radius 2 is 2.00 bits per heavy atom. The summed E-state index contributed by atoms with van der Waals surface area (Å²) in [6, 6.07) is 0.00661. The molecule has 0 fully saturated rings. The third-order valence-corrected chi connectivity index (χ3v) is 4.64. The minimum Gasteiger partial charge on any atom is -0.327 e. The molecule has 2 heterocycles. The summed E-state index contributed by atoms with van der Waals surface area (Å²) in [5.74, 6) is -0.0776. The quantitative estimate of drug-likeness (QED) is 0.625. The molecule has 0 spiro atoms. The smallest absolute Gasteiger partial charge is 0.244 e. The van der Waals surface area contributed by atoms with Gasteiger partial charge in [0.1, 0.15) is 11.7 Å². The molecule has 132 valence electrons. The van der Waals surface area contributed by atoms with Gasteiger partial charge in [-0.1, -0.05) is 13.8 Å². The summed E-state index contributed by atoms with van der Waals surface area (Å²) in [5.41, 5.74) is 9.65. The van der Waals surface area contributed by atoms with Gasteiger partial charge in [-0.15, -0.1) is 0 Å². The molecule has 2 atom stereocenters. The second-order valence-corrected chi connectivity index (χ2v) is 6.68. The molecule has 1 amide bonds. The maximum Gasteiger partial charge on any atom is 0.244 e. The normalized spacial score (nSPS) is 14.2. The first kappa shape index (κ1) is 18.4. The van der Waals surface area contributed by atoms with E-state index < -0.39 is 12.1 Å². The van der Waals surface area contributed by atoms with E-state index in [9.17, 15) is 10.0 Å². The summed E-state index contributed by atoms with van der Waals surface area (Å²) in [6.07, 6.45) is 4.05.